The molecule has 0 radical (unpaired) electrons. The molecule has 2 atom stereocenters. The Balaban J connectivity index is 1.78. The molecule has 1 aromatic heterocycles. The van der Waals surface area contributed by atoms with Crippen molar-refractivity contribution in [3.63, 3.8) is 0 Å². The van der Waals surface area contributed by atoms with E-state index >= 15 is 4.39 Å². The summed E-state index contributed by atoms with van der Waals surface area (Å²) in [4.78, 5) is 41.2. The summed E-state index contributed by atoms with van der Waals surface area (Å²) < 4.78 is 64.3. The summed E-state index contributed by atoms with van der Waals surface area (Å²) in [6.45, 7) is 8.87. The summed E-state index contributed by atoms with van der Waals surface area (Å²) >= 11 is 0. The van der Waals surface area contributed by atoms with E-state index in [0.717, 1.165) is 35.8 Å². The van der Waals surface area contributed by atoms with Crippen LogP contribution in [0.2, 0.25) is 0 Å². The largest absolute Gasteiger partial charge is 0.496 e. The van der Waals surface area contributed by atoms with Crippen molar-refractivity contribution in [2.75, 3.05) is 26.7 Å². The summed E-state index contributed by atoms with van der Waals surface area (Å²) in [5.41, 5.74) is -0.0271. The lowest BCUT2D eigenvalue weighted by Crippen LogP contribution is -2.41. The van der Waals surface area contributed by atoms with Crippen LogP contribution in [0.4, 0.5) is 17.6 Å². The van der Waals surface area contributed by atoms with Gasteiger partial charge in [0.05, 0.1) is 25.1 Å². The van der Waals surface area contributed by atoms with E-state index in [1.54, 1.807) is 32.0 Å². The van der Waals surface area contributed by atoms with Crippen LogP contribution in [-0.4, -0.2) is 53.2 Å². The normalized spacial score (nSPS) is 14.9. The number of hydrogen-bond donors (Lipinski definition) is 2. The van der Waals surface area contributed by atoms with Gasteiger partial charge in [0.2, 0.25) is 5.91 Å². The number of aliphatic carboxylic acids is 1. The molecular formula is C35H41F4N3O5. The molecule has 1 aliphatic rings. The van der Waals surface area contributed by atoms with Crippen molar-refractivity contribution in [1.29, 1.82) is 0 Å². The number of amides is 1. The van der Waals surface area contributed by atoms with Gasteiger partial charge in [-0.15, -0.1) is 0 Å². The SMILES string of the molecule is COc1cccc(C)c1-c1cc(C)c(F)c(C(CC(=O)O)NC(=O)C(CC(C)C)n2cc(CCN3CCC3)c(C(F)(F)F)cc2=O)c1. The first-order valence-electron chi connectivity index (χ1n) is 15.6. The fourth-order valence-electron chi connectivity index (χ4n) is 6.03. The Bertz CT molecular complexity index is 1680. The first-order valence-corrected chi connectivity index (χ1v) is 15.6. The van der Waals surface area contributed by atoms with Crippen LogP contribution in [0, 0.1) is 25.6 Å². The fourth-order valence-corrected chi connectivity index (χ4v) is 6.03. The number of aromatic nitrogens is 1. The van der Waals surface area contributed by atoms with Crippen LogP contribution >= 0.6 is 0 Å². The van der Waals surface area contributed by atoms with E-state index in [9.17, 15) is 32.7 Å². The molecule has 8 nitrogen and oxygen atoms in total. The van der Waals surface area contributed by atoms with E-state index in [1.807, 2.05) is 17.9 Å². The van der Waals surface area contributed by atoms with Gasteiger partial charge >= 0.3 is 12.1 Å². The number of nitrogens with one attached hydrogen (secondary N) is 1. The number of likely N-dealkylation sites (tertiary alicyclic amines) is 1. The Morgan fingerprint density at radius 3 is 2.36 bits per heavy atom. The second-order valence-electron chi connectivity index (χ2n) is 12.6. The van der Waals surface area contributed by atoms with Gasteiger partial charge < -0.3 is 24.6 Å². The van der Waals surface area contributed by atoms with Crippen molar-refractivity contribution < 1.29 is 37.0 Å². The minimum Gasteiger partial charge on any atom is -0.496 e. The van der Waals surface area contributed by atoms with Gasteiger partial charge in [-0.05, 0) is 92.6 Å². The Morgan fingerprint density at radius 1 is 1.09 bits per heavy atom. The third kappa shape index (κ3) is 8.40. The van der Waals surface area contributed by atoms with Gasteiger partial charge in [-0.1, -0.05) is 26.0 Å². The molecule has 4 rings (SSSR count). The number of aryl methyl sites for hydroxylation is 2. The smallest absolute Gasteiger partial charge is 0.416 e. The molecule has 1 aliphatic heterocycles. The van der Waals surface area contributed by atoms with Crippen molar-refractivity contribution in [3.05, 3.63) is 86.6 Å². The van der Waals surface area contributed by atoms with Gasteiger partial charge in [0.15, 0.2) is 0 Å². The molecule has 0 bridgehead atoms. The van der Waals surface area contributed by atoms with Crippen LogP contribution < -0.4 is 15.6 Å². The average molecular weight is 660 g/mol. The second-order valence-corrected chi connectivity index (χ2v) is 12.6. The first kappa shape index (κ1) is 35.7. The fraction of sp³-hybridized carbons (Fsp3) is 0.457. The van der Waals surface area contributed by atoms with E-state index in [2.05, 4.69) is 5.32 Å². The monoisotopic (exact) mass is 659 g/mol. The van der Waals surface area contributed by atoms with Crippen LogP contribution in [0.1, 0.15) is 73.0 Å². The molecule has 3 aromatic rings. The van der Waals surface area contributed by atoms with Crippen molar-refractivity contribution in [1.82, 2.24) is 14.8 Å². The molecule has 0 saturated carbocycles. The van der Waals surface area contributed by atoms with Crippen LogP contribution in [0.3, 0.4) is 0 Å². The number of pyridine rings is 1. The van der Waals surface area contributed by atoms with Gasteiger partial charge in [0, 0.05) is 29.9 Å². The number of hydrogen-bond acceptors (Lipinski definition) is 5. The zero-order valence-corrected chi connectivity index (χ0v) is 27.2. The lowest BCUT2D eigenvalue weighted by Gasteiger charge is -2.31. The van der Waals surface area contributed by atoms with E-state index in [4.69, 9.17) is 4.74 Å². The Kier molecular flexibility index (Phi) is 11.2. The number of benzene rings is 2. The summed E-state index contributed by atoms with van der Waals surface area (Å²) in [5, 5.41) is 12.4. The number of methoxy groups -OCH3 is 1. The number of halogens is 4. The van der Waals surface area contributed by atoms with Gasteiger partial charge in [0.1, 0.15) is 17.6 Å². The number of carbonyl (C=O) groups excluding carboxylic acids is 1. The van der Waals surface area contributed by atoms with Crippen LogP contribution in [-0.2, 0) is 22.2 Å². The Labute approximate surface area is 271 Å². The number of carboxylic acids is 1. The summed E-state index contributed by atoms with van der Waals surface area (Å²) in [6, 6.07) is 6.34. The third-order valence-electron chi connectivity index (χ3n) is 8.54. The maximum Gasteiger partial charge on any atom is 0.416 e. The topological polar surface area (TPSA) is 101 Å². The Morgan fingerprint density at radius 2 is 1.79 bits per heavy atom. The zero-order chi connectivity index (χ0) is 34.6. The van der Waals surface area contributed by atoms with Gasteiger partial charge in [-0.3, -0.25) is 14.4 Å². The van der Waals surface area contributed by atoms with E-state index in [1.165, 1.54) is 20.1 Å². The number of rotatable bonds is 13. The molecule has 254 valence electrons. The average Bonchev–Trinajstić information content (AvgIpc) is 2.95. The molecule has 1 fully saturated rings. The minimum absolute atomic E-state index is 0.0203. The van der Waals surface area contributed by atoms with Crippen molar-refractivity contribution in [2.45, 2.75) is 71.6 Å². The highest BCUT2D eigenvalue weighted by Gasteiger charge is 2.36. The second kappa shape index (κ2) is 14.7. The van der Waals surface area contributed by atoms with Crippen LogP contribution in [0.5, 0.6) is 5.75 Å². The highest BCUT2D eigenvalue weighted by Crippen LogP contribution is 2.37. The molecule has 1 saturated heterocycles. The number of alkyl halides is 3. The van der Waals surface area contributed by atoms with Crippen LogP contribution in [0.15, 0.2) is 47.4 Å². The number of ether oxygens (including phenoxy) is 1. The quantitative estimate of drug-likeness (QED) is 0.204. The lowest BCUT2D eigenvalue weighted by atomic mass is 9.92. The molecule has 47 heavy (non-hydrogen) atoms. The maximum absolute atomic E-state index is 15.8. The number of carbonyl (C=O) groups is 2. The summed E-state index contributed by atoms with van der Waals surface area (Å²) in [5.74, 6) is -2.50. The number of carboxylic acid groups (broad SMARTS) is 1. The predicted molar refractivity (Wildman–Crippen MR) is 170 cm³/mol. The van der Waals surface area contributed by atoms with Gasteiger partial charge in [-0.2, -0.15) is 13.2 Å². The summed E-state index contributed by atoms with van der Waals surface area (Å²) in [7, 11) is 1.50. The number of nitrogens with zero attached hydrogens (tertiary/aromatic N) is 2. The van der Waals surface area contributed by atoms with Crippen molar-refractivity contribution in [2.24, 2.45) is 5.92 Å². The molecule has 0 spiro atoms. The molecule has 2 heterocycles. The molecule has 2 N–H and O–H groups in total. The van der Waals surface area contributed by atoms with Gasteiger partial charge in [0.25, 0.3) is 5.56 Å². The van der Waals surface area contributed by atoms with Crippen LogP contribution in [0.25, 0.3) is 11.1 Å². The van der Waals surface area contributed by atoms with Crippen molar-refractivity contribution >= 4 is 11.9 Å². The minimum atomic E-state index is -4.77. The molecule has 12 heteroatoms. The third-order valence-corrected chi connectivity index (χ3v) is 8.54. The van der Waals surface area contributed by atoms with Gasteiger partial charge in [-0.25, -0.2) is 4.39 Å². The lowest BCUT2D eigenvalue weighted by molar-refractivity contribution is -0.139. The molecule has 0 aliphatic carbocycles. The van der Waals surface area contributed by atoms with E-state index in [0.29, 0.717) is 29.5 Å². The summed E-state index contributed by atoms with van der Waals surface area (Å²) in [6.07, 6.45) is -3.32. The molecular weight excluding hydrogens is 618 g/mol. The van der Waals surface area contributed by atoms with Crippen molar-refractivity contribution in [3.8, 4) is 16.9 Å². The highest BCUT2D eigenvalue weighted by molar-refractivity contribution is 5.82. The highest BCUT2D eigenvalue weighted by atomic mass is 19.4. The zero-order valence-electron chi connectivity index (χ0n) is 27.2. The van der Waals surface area contributed by atoms with E-state index < -0.39 is 53.5 Å². The first-order chi connectivity index (χ1) is 22.1. The molecule has 1 amide bonds. The van der Waals surface area contributed by atoms with E-state index in [-0.39, 0.29) is 35.4 Å². The standard InChI is InChI=1S/C35H41F4N3O5/c1-20(2)14-28(42-19-23(10-13-41-11-7-12-41)26(17-30(42)43)35(37,38)39)34(46)40-27(18-31(44)45)25-16-24(15-22(4)33(25)36)32-21(3)8-6-9-29(32)47-5/h6,8-9,15-17,19-20,27-28H,7,10-14,18H2,1-5H3,(H,40,46)(H,44,45). The predicted octanol–water partition coefficient (Wildman–Crippen LogP) is 6.47. The maximum atomic E-state index is 15.8. The Hall–Kier alpha value is -4.19. The molecule has 2 aromatic carbocycles. The molecule has 2 unspecified atom stereocenters.